The monoisotopic (exact) mass is 353 g/mol. The van der Waals surface area contributed by atoms with Gasteiger partial charge in [0.1, 0.15) is 6.54 Å². The van der Waals surface area contributed by atoms with Gasteiger partial charge in [-0.25, -0.2) is 0 Å². The van der Waals surface area contributed by atoms with Gasteiger partial charge in [-0.2, -0.15) is 4.57 Å². The first-order valence-corrected chi connectivity index (χ1v) is 7.07. The Kier molecular flexibility index (Phi) is 9.61. The molecule has 94 valence electrons. The highest BCUT2D eigenvalue weighted by atomic mass is 127. The van der Waals surface area contributed by atoms with Gasteiger partial charge in [-0.05, 0) is 13.3 Å². The Hall–Kier alpha value is 0.360. The standard InChI is InChI=1S/C13H24NS.HI/c1-4-5-6-7-8-9-10-14-11-15-13(3)12(14)2;/h11H,4-10H2,1-3H3;1H/q+1;/p-1. The molecule has 0 aliphatic carbocycles. The highest BCUT2D eigenvalue weighted by Crippen LogP contribution is 2.09. The summed E-state index contributed by atoms with van der Waals surface area (Å²) in [5.41, 5.74) is 3.71. The molecule has 1 rings (SSSR count). The highest BCUT2D eigenvalue weighted by molar-refractivity contribution is 7.09. The van der Waals surface area contributed by atoms with Crippen molar-refractivity contribution in [2.75, 3.05) is 0 Å². The summed E-state index contributed by atoms with van der Waals surface area (Å²) in [5, 5.41) is 0. The number of rotatable bonds is 7. The molecule has 0 saturated carbocycles. The van der Waals surface area contributed by atoms with Crippen LogP contribution < -0.4 is 28.5 Å². The zero-order chi connectivity index (χ0) is 11.1. The predicted octanol–water partition coefficient (Wildman–Crippen LogP) is 1.02. The highest BCUT2D eigenvalue weighted by Gasteiger charge is 2.10. The van der Waals surface area contributed by atoms with Gasteiger partial charge in [-0.1, -0.05) is 43.9 Å². The van der Waals surface area contributed by atoms with E-state index in [0.717, 1.165) is 0 Å². The number of aryl methyl sites for hydroxylation is 2. The Morgan fingerprint density at radius 3 is 2.25 bits per heavy atom. The number of halogens is 1. The van der Waals surface area contributed by atoms with Crippen LogP contribution in [0.4, 0.5) is 0 Å². The topological polar surface area (TPSA) is 3.88 Å². The molecule has 0 N–H and O–H groups in total. The molecule has 16 heavy (non-hydrogen) atoms. The lowest BCUT2D eigenvalue weighted by Gasteiger charge is -1.98. The van der Waals surface area contributed by atoms with E-state index < -0.39 is 0 Å². The summed E-state index contributed by atoms with van der Waals surface area (Å²) in [5.74, 6) is 0. The van der Waals surface area contributed by atoms with E-state index in [4.69, 9.17) is 0 Å². The Morgan fingerprint density at radius 2 is 1.69 bits per heavy atom. The van der Waals surface area contributed by atoms with Crippen LogP contribution in [-0.2, 0) is 6.54 Å². The van der Waals surface area contributed by atoms with Crippen LogP contribution in [0.25, 0.3) is 0 Å². The maximum Gasteiger partial charge on any atom is 0.225 e. The number of aromatic nitrogens is 1. The number of hydrogen-bond donors (Lipinski definition) is 0. The van der Waals surface area contributed by atoms with Crippen molar-refractivity contribution < 1.29 is 28.5 Å². The van der Waals surface area contributed by atoms with Crippen molar-refractivity contribution in [2.24, 2.45) is 0 Å². The predicted molar refractivity (Wildman–Crippen MR) is 67.4 cm³/mol. The molecular formula is C13H24INS. The van der Waals surface area contributed by atoms with Crippen LogP contribution in [0.5, 0.6) is 0 Å². The summed E-state index contributed by atoms with van der Waals surface area (Å²) in [4.78, 5) is 1.46. The first kappa shape index (κ1) is 16.4. The van der Waals surface area contributed by atoms with Crippen LogP contribution in [0.2, 0.25) is 0 Å². The fourth-order valence-corrected chi connectivity index (χ4v) is 2.63. The molecule has 0 atom stereocenters. The average Bonchev–Trinajstić information content (AvgIpc) is 2.54. The molecule has 1 nitrogen and oxygen atoms in total. The third-order valence-corrected chi connectivity index (χ3v) is 4.06. The Bertz CT molecular complexity index is 283. The van der Waals surface area contributed by atoms with Crippen molar-refractivity contribution in [2.45, 2.75) is 65.8 Å². The third-order valence-electron chi connectivity index (χ3n) is 3.05. The van der Waals surface area contributed by atoms with Gasteiger partial charge in [0, 0.05) is 13.3 Å². The van der Waals surface area contributed by atoms with Gasteiger partial charge in [-0.15, -0.1) is 0 Å². The molecule has 0 aliphatic rings. The smallest absolute Gasteiger partial charge is 0.225 e. The van der Waals surface area contributed by atoms with Crippen LogP contribution in [-0.4, -0.2) is 0 Å². The first-order chi connectivity index (χ1) is 7.25. The molecule has 0 amide bonds. The second-order valence-corrected chi connectivity index (χ2v) is 5.38. The molecule has 0 unspecified atom stereocenters. The fourth-order valence-electron chi connectivity index (χ4n) is 1.79. The van der Waals surface area contributed by atoms with Gasteiger partial charge >= 0.3 is 0 Å². The number of unbranched alkanes of at least 4 members (excludes halogenated alkanes) is 5. The van der Waals surface area contributed by atoms with Crippen molar-refractivity contribution in [3.05, 3.63) is 16.1 Å². The molecule has 0 spiro atoms. The van der Waals surface area contributed by atoms with Crippen LogP contribution in [0.15, 0.2) is 5.51 Å². The first-order valence-electron chi connectivity index (χ1n) is 6.19. The molecule has 0 bridgehead atoms. The molecule has 1 aromatic heterocycles. The maximum absolute atomic E-state index is 2.40. The van der Waals surface area contributed by atoms with Crippen molar-refractivity contribution in [1.29, 1.82) is 0 Å². The van der Waals surface area contributed by atoms with Crippen LogP contribution in [0, 0.1) is 13.8 Å². The van der Waals surface area contributed by atoms with Crippen LogP contribution in [0.1, 0.15) is 56.0 Å². The average molecular weight is 353 g/mol. The Labute approximate surface area is 121 Å². The zero-order valence-corrected chi connectivity index (χ0v) is 13.7. The second kappa shape index (κ2) is 9.40. The summed E-state index contributed by atoms with van der Waals surface area (Å²) in [6.45, 7) is 7.91. The minimum absolute atomic E-state index is 0. The summed E-state index contributed by atoms with van der Waals surface area (Å²) in [7, 11) is 0. The third kappa shape index (κ3) is 5.62. The molecule has 0 aliphatic heterocycles. The molecule has 0 aromatic carbocycles. The van der Waals surface area contributed by atoms with E-state index in [0.29, 0.717) is 0 Å². The van der Waals surface area contributed by atoms with Crippen molar-refractivity contribution in [3.8, 4) is 0 Å². The van der Waals surface area contributed by atoms with Crippen LogP contribution >= 0.6 is 11.3 Å². The van der Waals surface area contributed by atoms with Gasteiger partial charge in [-0.3, -0.25) is 0 Å². The molecule has 1 aromatic rings. The molecule has 0 fully saturated rings. The normalized spacial score (nSPS) is 10.2. The molecule has 3 heteroatoms. The maximum atomic E-state index is 2.40. The molecular weight excluding hydrogens is 329 g/mol. The van der Waals surface area contributed by atoms with E-state index in [1.807, 2.05) is 11.3 Å². The second-order valence-electron chi connectivity index (χ2n) is 4.33. The van der Waals surface area contributed by atoms with Crippen molar-refractivity contribution in [3.63, 3.8) is 0 Å². The minimum Gasteiger partial charge on any atom is -1.00 e. The lowest BCUT2D eigenvalue weighted by atomic mass is 10.1. The number of thiazole rings is 1. The quantitative estimate of drug-likeness (QED) is 0.392. The lowest BCUT2D eigenvalue weighted by Crippen LogP contribution is -3.00. The van der Waals surface area contributed by atoms with Crippen LogP contribution in [0.3, 0.4) is 0 Å². The molecule has 1 heterocycles. The summed E-state index contributed by atoms with van der Waals surface area (Å²) in [6.07, 6.45) is 8.31. The summed E-state index contributed by atoms with van der Waals surface area (Å²) in [6, 6.07) is 0. The van der Waals surface area contributed by atoms with E-state index >= 15 is 0 Å². The van der Waals surface area contributed by atoms with E-state index in [2.05, 4.69) is 30.8 Å². The van der Waals surface area contributed by atoms with Gasteiger partial charge in [0.05, 0.1) is 4.88 Å². The fraction of sp³-hybridized carbons (Fsp3) is 0.769. The van der Waals surface area contributed by atoms with Gasteiger partial charge in [0.15, 0.2) is 5.69 Å². The molecule has 0 radical (unpaired) electrons. The zero-order valence-electron chi connectivity index (χ0n) is 10.8. The lowest BCUT2D eigenvalue weighted by molar-refractivity contribution is -0.698. The summed E-state index contributed by atoms with van der Waals surface area (Å²) < 4.78 is 2.40. The molecule has 0 saturated heterocycles. The van der Waals surface area contributed by atoms with Gasteiger partial charge in [0.25, 0.3) is 0 Å². The van der Waals surface area contributed by atoms with Gasteiger partial charge in [0.2, 0.25) is 5.51 Å². The van der Waals surface area contributed by atoms with E-state index in [1.165, 1.54) is 55.6 Å². The Balaban J connectivity index is 0.00000225. The van der Waals surface area contributed by atoms with Gasteiger partial charge < -0.3 is 24.0 Å². The SMILES string of the molecule is CCCCCCCC[n+]1csc(C)c1C.[I-]. The van der Waals surface area contributed by atoms with Crippen molar-refractivity contribution in [1.82, 2.24) is 0 Å². The largest absolute Gasteiger partial charge is 1.00 e. The van der Waals surface area contributed by atoms with Crippen molar-refractivity contribution >= 4 is 11.3 Å². The number of nitrogens with zero attached hydrogens (tertiary/aromatic N) is 1. The Morgan fingerprint density at radius 1 is 1.06 bits per heavy atom. The van der Waals surface area contributed by atoms with E-state index in [1.54, 1.807) is 0 Å². The number of hydrogen-bond acceptors (Lipinski definition) is 1. The minimum atomic E-state index is 0. The van der Waals surface area contributed by atoms with E-state index in [-0.39, 0.29) is 24.0 Å². The summed E-state index contributed by atoms with van der Waals surface area (Å²) >= 11 is 1.87. The van der Waals surface area contributed by atoms with E-state index in [9.17, 15) is 0 Å².